The Morgan fingerprint density at radius 2 is 0.718 bits per heavy atom. The minimum Gasteiger partial charge on any atom is -0.453 e. The number of nitrogens with zero attached hydrogens (tertiary/aromatic N) is 5. The summed E-state index contributed by atoms with van der Waals surface area (Å²) in [6.07, 6.45) is 0. The number of aromatic nitrogens is 4. The van der Waals surface area contributed by atoms with Crippen molar-refractivity contribution in [3.63, 3.8) is 0 Å². The van der Waals surface area contributed by atoms with Crippen LogP contribution >= 0.6 is 0 Å². The first-order valence-electron chi connectivity index (χ1n) is 23.9. The molecule has 5 heterocycles. The number of benzene rings is 10. The van der Waals surface area contributed by atoms with Crippen molar-refractivity contribution in [2.75, 3.05) is 4.90 Å². The molecule has 2 aliphatic rings. The molecule has 332 valence electrons. The maximum atomic E-state index is 6.76. The van der Waals surface area contributed by atoms with Crippen LogP contribution in [0.15, 0.2) is 237 Å². The summed E-state index contributed by atoms with van der Waals surface area (Å²) in [5, 5.41) is 4.55. The van der Waals surface area contributed by atoms with Crippen molar-refractivity contribution in [1.82, 2.24) is 19.1 Å². The highest BCUT2D eigenvalue weighted by Crippen LogP contribution is 2.60. The zero-order valence-corrected chi connectivity index (χ0v) is 38.1. The van der Waals surface area contributed by atoms with Gasteiger partial charge < -0.3 is 14.0 Å². The standard InChI is InChI=1S/C64H39N5O2/c1-4-16-40(17-5-1)43-28-31-54-49(34-43)50-36-45(29-32-55(50)67(54)46-37-61-63-62(38-46)71-60-27-15-13-25-58(60)68(63)57-24-12-14-26-59(57)70-61)44-30-33-56-48(35-44)47-22-10-11-23-53(47)69(56)64-65-51(41-18-6-2-7-19-41)39-52(66-64)42-20-8-3-9-21-42/h1-39H. The van der Waals surface area contributed by atoms with Gasteiger partial charge >= 0.3 is 0 Å². The van der Waals surface area contributed by atoms with E-state index in [1.165, 1.54) is 5.56 Å². The van der Waals surface area contributed by atoms with Crippen molar-refractivity contribution >= 4 is 60.7 Å². The lowest BCUT2D eigenvalue weighted by molar-refractivity contribution is 0.445. The molecule has 71 heavy (non-hydrogen) atoms. The van der Waals surface area contributed by atoms with E-state index < -0.39 is 0 Å². The second-order valence-electron chi connectivity index (χ2n) is 18.2. The van der Waals surface area contributed by atoms with Crippen molar-refractivity contribution in [3.05, 3.63) is 237 Å². The molecule has 2 aliphatic heterocycles. The molecule has 0 unspecified atom stereocenters. The Balaban J connectivity index is 0.913. The fourth-order valence-corrected chi connectivity index (χ4v) is 10.8. The summed E-state index contributed by atoms with van der Waals surface area (Å²) in [4.78, 5) is 12.8. The Hall–Kier alpha value is -9.72. The van der Waals surface area contributed by atoms with E-state index in [0.29, 0.717) is 5.95 Å². The van der Waals surface area contributed by atoms with Crippen LogP contribution < -0.4 is 14.4 Å². The van der Waals surface area contributed by atoms with E-state index >= 15 is 0 Å². The predicted molar refractivity (Wildman–Crippen MR) is 287 cm³/mol. The van der Waals surface area contributed by atoms with Gasteiger partial charge in [0.2, 0.25) is 5.95 Å². The first-order valence-corrected chi connectivity index (χ1v) is 23.9. The number of para-hydroxylation sites is 5. The SMILES string of the molecule is c1ccc(-c2ccc3c(c2)c2cc(-c4ccc5c(c4)c4ccccc4n5-c4nc(-c5ccccc5)cc(-c5ccccc5)n4)ccc2n3-c2cc3c4c(c2)Oc2ccccc2N4c2ccccc2O3)cc1. The summed E-state index contributed by atoms with van der Waals surface area (Å²) in [6, 6.07) is 83.2. The second kappa shape index (κ2) is 15.4. The topological polar surface area (TPSA) is 57.3 Å². The fourth-order valence-electron chi connectivity index (χ4n) is 10.8. The number of rotatable bonds is 6. The molecule has 13 aromatic rings. The summed E-state index contributed by atoms with van der Waals surface area (Å²) in [6.45, 7) is 0. The van der Waals surface area contributed by atoms with Gasteiger partial charge in [-0.3, -0.25) is 9.47 Å². The van der Waals surface area contributed by atoms with Crippen LogP contribution in [0, 0.1) is 0 Å². The van der Waals surface area contributed by atoms with Crippen molar-refractivity contribution in [3.8, 4) is 79.4 Å². The van der Waals surface area contributed by atoms with Crippen molar-refractivity contribution in [2.45, 2.75) is 0 Å². The summed E-state index contributed by atoms with van der Waals surface area (Å²) in [7, 11) is 0. The third kappa shape index (κ3) is 6.16. The highest BCUT2D eigenvalue weighted by Gasteiger charge is 2.35. The molecule has 0 amide bonds. The maximum Gasteiger partial charge on any atom is 0.235 e. The van der Waals surface area contributed by atoms with Crippen LogP contribution in [0.2, 0.25) is 0 Å². The lowest BCUT2D eigenvalue weighted by atomic mass is 9.99. The molecule has 0 aliphatic carbocycles. The van der Waals surface area contributed by atoms with E-state index in [-0.39, 0.29) is 0 Å². The minimum absolute atomic E-state index is 0.626. The van der Waals surface area contributed by atoms with Gasteiger partial charge in [-0.05, 0) is 95.1 Å². The number of hydrogen-bond donors (Lipinski definition) is 0. The molecule has 0 radical (unpaired) electrons. The summed E-state index contributed by atoms with van der Waals surface area (Å²) < 4.78 is 18.1. The van der Waals surface area contributed by atoms with E-state index in [4.69, 9.17) is 19.4 Å². The molecule has 0 saturated carbocycles. The molecule has 0 N–H and O–H groups in total. The molecule has 0 atom stereocenters. The highest BCUT2D eigenvalue weighted by atomic mass is 16.5. The first kappa shape index (κ1) is 39.3. The molecule has 7 nitrogen and oxygen atoms in total. The number of ether oxygens (including phenoxy) is 2. The molecular formula is C64H39N5O2. The van der Waals surface area contributed by atoms with E-state index in [9.17, 15) is 0 Å². The van der Waals surface area contributed by atoms with E-state index in [1.807, 2.05) is 48.5 Å². The van der Waals surface area contributed by atoms with E-state index in [1.54, 1.807) is 0 Å². The van der Waals surface area contributed by atoms with E-state index in [2.05, 4.69) is 202 Å². The number of anilines is 3. The van der Waals surface area contributed by atoms with Crippen molar-refractivity contribution < 1.29 is 9.47 Å². The molecule has 15 rings (SSSR count). The highest BCUT2D eigenvalue weighted by molar-refractivity contribution is 6.13. The molecule has 0 spiro atoms. The van der Waals surface area contributed by atoms with Crippen LogP contribution in [0.4, 0.5) is 17.1 Å². The molecule has 0 bridgehead atoms. The first-order chi connectivity index (χ1) is 35.2. The van der Waals surface area contributed by atoms with Gasteiger partial charge in [0.15, 0.2) is 23.0 Å². The molecule has 7 heteroatoms. The van der Waals surface area contributed by atoms with Crippen LogP contribution in [0.3, 0.4) is 0 Å². The third-order valence-electron chi connectivity index (χ3n) is 14.1. The Bertz CT molecular complexity index is 4170. The minimum atomic E-state index is 0.626. The zero-order chi connectivity index (χ0) is 46.6. The Kier molecular flexibility index (Phi) is 8.52. The van der Waals surface area contributed by atoms with Gasteiger partial charge in [0.1, 0.15) is 5.69 Å². The van der Waals surface area contributed by atoms with Crippen LogP contribution in [0.1, 0.15) is 0 Å². The zero-order valence-electron chi connectivity index (χ0n) is 38.1. The molecule has 0 saturated heterocycles. The molecule has 3 aromatic heterocycles. The van der Waals surface area contributed by atoms with Gasteiger partial charge in [0.25, 0.3) is 0 Å². The Labute approximate surface area is 408 Å². The van der Waals surface area contributed by atoms with Crippen molar-refractivity contribution in [2.24, 2.45) is 0 Å². The number of hydrogen-bond acceptors (Lipinski definition) is 5. The summed E-state index contributed by atoms with van der Waals surface area (Å²) >= 11 is 0. The van der Waals surface area contributed by atoms with Crippen molar-refractivity contribution in [1.29, 1.82) is 0 Å². The molecular weight excluding hydrogens is 871 g/mol. The molecule has 0 fully saturated rings. The monoisotopic (exact) mass is 909 g/mol. The summed E-state index contributed by atoms with van der Waals surface area (Å²) in [5.74, 6) is 3.69. The lowest BCUT2D eigenvalue weighted by Crippen LogP contribution is -2.20. The van der Waals surface area contributed by atoms with Gasteiger partial charge in [0, 0.05) is 44.8 Å². The number of fused-ring (bicyclic) bond motifs is 10. The van der Waals surface area contributed by atoms with E-state index in [0.717, 1.165) is 129 Å². The van der Waals surface area contributed by atoms with Crippen LogP contribution in [-0.4, -0.2) is 19.1 Å². The van der Waals surface area contributed by atoms with Crippen LogP contribution in [0.25, 0.3) is 100 Å². The van der Waals surface area contributed by atoms with Gasteiger partial charge in [-0.25, -0.2) is 9.97 Å². The quantitative estimate of drug-likeness (QED) is 0.166. The predicted octanol–water partition coefficient (Wildman–Crippen LogP) is 17.0. The van der Waals surface area contributed by atoms with Crippen LogP contribution in [0.5, 0.6) is 23.0 Å². The van der Waals surface area contributed by atoms with Gasteiger partial charge in [-0.1, -0.05) is 152 Å². The largest absolute Gasteiger partial charge is 0.453 e. The Morgan fingerprint density at radius 1 is 0.296 bits per heavy atom. The summed E-state index contributed by atoms with van der Waals surface area (Å²) in [5.41, 5.74) is 16.4. The average molecular weight is 910 g/mol. The third-order valence-corrected chi connectivity index (χ3v) is 14.1. The average Bonchev–Trinajstić information content (AvgIpc) is 3.95. The fraction of sp³-hybridized carbons (Fsp3) is 0. The molecule has 10 aromatic carbocycles. The lowest BCUT2D eigenvalue weighted by Gasteiger charge is -2.38. The second-order valence-corrected chi connectivity index (χ2v) is 18.2. The Morgan fingerprint density at radius 3 is 1.27 bits per heavy atom. The van der Waals surface area contributed by atoms with Gasteiger partial charge in [-0.15, -0.1) is 0 Å². The van der Waals surface area contributed by atoms with Gasteiger partial charge in [0.05, 0.1) is 50.5 Å². The smallest absolute Gasteiger partial charge is 0.235 e. The normalized spacial score (nSPS) is 12.4. The maximum absolute atomic E-state index is 6.76. The van der Waals surface area contributed by atoms with Crippen LogP contribution in [-0.2, 0) is 0 Å². The van der Waals surface area contributed by atoms with Gasteiger partial charge in [-0.2, -0.15) is 0 Å².